The van der Waals surface area contributed by atoms with Crippen molar-refractivity contribution in [2.24, 2.45) is 0 Å². The van der Waals surface area contributed by atoms with Crippen LogP contribution in [0, 0.1) is 0 Å². The van der Waals surface area contributed by atoms with Crippen LogP contribution >= 0.6 is 0 Å². The first-order valence-corrected chi connectivity index (χ1v) is 12.1. The van der Waals surface area contributed by atoms with E-state index in [0.717, 1.165) is 19.4 Å². The lowest BCUT2D eigenvalue weighted by Gasteiger charge is -2.10. The highest BCUT2D eigenvalue weighted by Crippen LogP contribution is 2.10. The lowest BCUT2D eigenvalue weighted by Crippen LogP contribution is -2.19. The summed E-state index contributed by atoms with van der Waals surface area (Å²) in [5.41, 5.74) is 0.623. The Morgan fingerprint density at radius 2 is 0.886 bits per heavy atom. The van der Waals surface area contributed by atoms with Gasteiger partial charge in [0.2, 0.25) is 0 Å². The van der Waals surface area contributed by atoms with E-state index in [-0.39, 0.29) is 0 Å². The fourth-order valence-corrected chi connectivity index (χ4v) is 2.53. The minimum absolute atomic E-state index is 0.440. The fraction of sp³-hybridized carbons (Fsp3) is 0.720. The van der Waals surface area contributed by atoms with Crippen LogP contribution in [-0.2, 0) is 33.2 Å². The summed E-state index contributed by atoms with van der Waals surface area (Å²) in [5.74, 6) is 0.710. The van der Waals surface area contributed by atoms with Gasteiger partial charge in [0, 0.05) is 12.1 Å². The Balaban J connectivity index is 1.68. The molecule has 0 bridgehead atoms. The molecule has 1 rings (SSSR count). The Hall–Kier alpha value is -1.63. The van der Waals surface area contributed by atoms with Crippen LogP contribution in [0.15, 0.2) is 24.3 Å². The molecule has 1 aromatic rings. The molecule has 0 saturated heterocycles. The number of carbonyl (C=O) groups excluding carboxylic acids is 1. The Morgan fingerprint density at radius 1 is 0.543 bits per heavy atom. The van der Waals surface area contributed by atoms with Crippen LogP contribution in [-0.4, -0.2) is 131 Å². The van der Waals surface area contributed by atoms with Crippen molar-refractivity contribution in [3.8, 4) is 5.75 Å². The van der Waals surface area contributed by atoms with E-state index >= 15 is 0 Å². The van der Waals surface area contributed by atoms with Crippen LogP contribution in [0.5, 0.6) is 5.75 Å². The normalized spacial score (nSPS) is 11.3. The zero-order chi connectivity index (χ0) is 25.2. The Kier molecular flexibility index (Phi) is 21.6. The molecule has 0 saturated carbocycles. The van der Waals surface area contributed by atoms with E-state index in [1.54, 1.807) is 24.3 Å². The number of ether oxygens (including phenoxy) is 8. The van der Waals surface area contributed by atoms with Crippen LogP contribution in [0.1, 0.15) is 10.4 Å². The third-order valence-electron chi connectivity index (χ3n) is 4.43. The van der Waals surface area contributed by atoms with Gasteiger partial charge in [-0.1, -0.05) is 0 Å². The number of hydrogen-bond acceptors (Lipinski definition) is 10. The maximum atomic E-state index is 10.6. The highest BCUT2D eigenvalue weighted by molar-refractivity contribution is 5.74. The molecule has 202 valence electrons. The summed E-state index contributed by atoms with van der Waals surface area (Å²) in [6, 6.07) is 6.95. The number of carbonyl (C=O) groups is 1. The van der Waals surface area contributed by atoms with Crippen LogP contribution < -0.4 is 4.74 Å². The molecule has 0 unspecified atom stereocenters. The van der Waals surface area contributed by atoms with Gasteiger partial charge in [0.1, 0.15) is 18.6 Å². The zero-order valence-corrected chi connectivity index (χ0v) is 21.3. The molecule has 0 heterocycles. The lowest BCUT2D eigenvalue weighted by molar-refractivity contribution is -0.0214. The van der Waals surface area contributed by atoms with Gasteiger partial charge < -0.3 is 42.8 Å². The van der Waals surface area contributed by atoms with Crippen molar-refractivity contribution in [3.63, 3.8) is 0 Å². The van der Waals surface area contributed by atoms with Gasteiger partial charge in [0.15, 0.2) is 0 Å². The summed E-state index contributed by atoms with van der Waals surface area (Å²) in [5, 5.41) is 0. The molecule has 0 radical (unpaired) electrons. The van der Waals surface area contributed by atoms with Crippen LogP contribution in [0.4, 0.5) is 0 Å². The monoisotopic (exact) mass is 501 g/mol. The summed E-state index contributed by atoms with van der Waals surface area (Å²) < 4.78 is 43.6. The topological polar surface area (TPSA) is 94.2 Å². The molecule has 10 nitrogen and oxygen atoms in total. The van der Waals surface area contributed by atoms with Gasteiger partial charge in [0.05, 0.1) is 92.5 Å². The van der Waals surface area contributed by atoms with Crippen molar-refractivity contribution in [1.29, 1.82) is 0 Å². The molecule has 0 spiro atoms. The molecule has 0 aliphatic carbocycles. The van der Waals surface area contributed by atoms with Gasteiger partial charge in [-0.25, -0.2) is 0 Å². The predicted molar refractivity (Wildman–Crippen MR) is 132 cm³/mol. The molecule has 0 atom stereocenters. The Morgan fingerprint density at radius 3 is 1.23 bits per heavy atom. The Labute approximate surface area is 209 Å². The highest BCUT2D eigenvalue weighted by atomic mass is 16.6. The smallest absolute Gasteiger partial charge is 0.150 e. The van der Waals surface area contributed by atoms with Crippen molar-refractivity contribution in [3.05, 3.63) is 29.8 Å². The number of likely N-dealkylation sites (N-methyl/N-ethyl adjacent to an activating group) is 1. The maximum Gasteiger partial charge on any atom is 0.150 e. The van der Waals surface area contributed by atoms with E-state index in [0.29, 0.717) is 104 Å². The Bertz CT molecular complexity index is 587. The maximum absolute atomic E-state index is 10.6. The van der Waals surface area contributed by atoms with E-state index in [2.05, 4.69) is 4.90 Å². The molecule has 0 aromatic heterocycles. The number of benzene rings is 1. The molecule has 35 heavy (non-hydrogen) atoms. The van der Waals surface area contributed by atoms with Gasteiger partial charge in [-0.3, -0.25) is 4.79 Å². The molecule has 10 heteroatoms. The lowest BCUT2D eigenvalue weighted by atomic mass is 10.2. The number of rotatable bonds is 26. The second-order valence-corrected chi connectivity index (χ2v) is 7.63. The second kappa shape index (κ2) is 24.1. The van der Waals surface area contributed by atoms with E-state index in [9.17, 15) is 4.79 Å². The van der Waals surface area contributed by atoms with E-state index in [4.69, 9.17) is 37.9 Å². The summed E-state index contributed by atoms with van der Waals surface area (Å²) in [4.78, 5) is 12.7. The number of nitrogens with zero attached hydrogens (tertiary/aromatic N) is 1. The SMILES string of the molecule is CN(C)CCOCCOCCOCCOCCOCCOCCOCCOc1ccc(C=O)cc1. The standard InChI is InChI=1S/C25H43NO9/c1-26(2)7-8-28-9-10-29-11-12-30-13-14-31-15-16-32-17-18-33-19-20-34-21-22-35-25-5-3-24(23-27)4-6-25/h3-6,23H,7-22H2,1-2H3. The van der Waals surface area contributed by atoms with Gasteiger partial charge in [0.25, 0.3) is 0 Å². The van der Waals surface area contributed by atoms with Gasteiger partial charge >= 0.3 is 0 Å². The van der Waals surface area contributed by atoms with E-state index in [1.807, 2.05) is 14.1 Å². The van der Waals surface area contributed by atoms with Gasteiger partial charge in [-0.15, -0.1) is 0 Å². The fourth-order valence-electron chi connectivity index (χ4n) is 2.53. The minimum atomic E-state index is 0.440. The average molecular weight is 502 g/mol. The molecule has 1 aromatic carbocycles. The summed E-state index contributed by atoms with van der Waals surface area (Å²) in [7, 11) is 4.04. The second-order valence-electron chi connectivity index (χ2n) is 7.63. The molecule has 0 amide bonds. The third-order valence-corrected chi connectivity index (χ3v) is 4.43. The molecular formula is C25H43NO9. The zero-order valence-electron chi connectivity index (χ0n) is 21.3. The highest BCUT2D eigenvalue weighted by Gasteiger charge is 1.97. The molecule has 0 aliphatic heterocycles. The molecule has 0 fully saturated rings. The van der Waals surface area contributed by atoms with Gasteiger partial charge in [-0.2, -0.15) is 0 Å². The van der Waals surface area contributed by atoms with Crippen molar-refractivity contribution in [2.75, 3.05) is 120 Å². The quantitative estimate of drug-likeness (QED) is 0.137. The molecule has 0 N–H and O–H groups in total. The summed E-state index contributed by atoms with van der Waals surface area (Å²) in [6.45, 7) is 8.92. The van der Waals surface area contributed by atoms with Crippen molar-refractivity contribution < 1.29 is 42.7 Å². The van der Waals surface area contributed by atoms with Crippen molar-refractivity contribution >= 4 is 6.29 Å². The number of aldehydes is 1. The first-order valence-electron chi connectivity index (χ1n) is 12.1. The van der Waals surface area contributed by atoms with Crippen LogP contribution in [0.25, 0.3) is 0 Å². The van der Waals surface area contributed by atoms with Gasteiger partial charge in [-0.05, 0) is 38.4 Å². The summed E-state index contributed by atoms with van der Waals surface area (Å²) >= 11 is 0. The first-order chi connectivity index (χ1) is 17.2. The third kappa shape index (κ3) is 21.4. The average Bonchev–Trinajstić information content (AvgIpc) is 2.86. The van der Waals surface area contributed by atoms with Crippen LogP contribution in [0.3, 0.4) is 0 Å². The van der Waals surface area contributed by atoms with Crippen molar-refractivity contribution in [2.45, 2.75) is 0 Å². The van der Waals surface area contributed by atoms with Crippen LogP contribution in [0.2, 0.25) is 0 Å². The van der Waals surface area contributed by atoms with Crippen molar-refractivity contribution in [1.82, 2.24) is 4.90 Å². The predicted octanol–water partition coefficient (Wildman–Crippen LogP) is 1.56. The minimum Gasteiger partial charge on any atom is -0.491 e. The molecular weight excluding hydrogens is 458 g/mol. The number of hydrogen-bond donors (Lipinski definition) is 0. The van der Waals surface area contributed by atoms with E-state index in [1.165, 1.54) is 0 Å². The summed E-state index contributed by atoms with van der Waals surface area (Å²) in [6.07, 6.45) is 0.800. The van der Waals surface area contributed by atoms with E-state index < -0.39 is 0 Å². The first kappa shape index (κ1) is 31.4. The largest absolute Gasteiger partial charge is 0.491 e. The molecule has 0 aliphatic rings.